The summed E-state index contributed by atoms with van der Waals surface area (Å²) in [7, 11) is 0. The van der Waals surface area contributed by atoms with E-state index in [0.717, 1.165) is 55.4 Å². The smallest absolute Gasteiger partial charge is 0.152 e. The van der Waals surface area contributed by atoms with Crippen LogP contribution in [-0.2, 0) is 11.2 Å². The second-order valence-corrected chi connectivity index (χ2v) is 7.90. The largest absolute Gasteiger partial charge is 0.378 e. The highest BCUT2D eigenvalue weighted by atomic mass is 16.5. The van der Waals surface area contributed by atoms with Gasteiger partial charge in [-0.05, 0) is 31.1 Å². The van der Waals surface area contributed by atoms with Crippen LogP contribution in [0.15, 0.2) is 72.1 Å². The lowest BCUT2D eigenvalue weighted by Gasteiger charge is -2.28. The standard InChI is InChI=1S/C25H30N6O/c1-20-7-5-9-22(17-20)19-26-29-24-18-25(31-13-15-32-16-14-31)28-23(27-24)10-6-12-30-11-4-3-8-21(30)2/h3-5,7-9,11,17-19H,2,6,10,12-16H2,1H3,(H,27,28,29)/b26-19+. The first-order chi connectivity index (χ1) is 15.7. The molecule has 7 nitrogen and oxygen atoms in total. The van der Waals surface area contributed by atoms with Crippen LogP contribution in [0.5, 0.6) is 0 Å². The topological polar surface area (TPSA) is 65.9 Å². The molecule has 0 aliphatic carbocycles. The van der Waals surface area contributed by atoms with Crippen molar-refractivity contribution in [3.8, 4) is 0 Å². The quantitative estimate of drug-likeness (QED) is 0.506. The van der Waals surface area contributed by atoms with E-state index >= 15 is 0 Å². The molecule has 2 aliphatic rings. The predicted molar refractivity (Wildman–Crippen MR) is 130 cm³/mol. The highest BCUT2D eigenvalue weighted by molar-refractivity contribution is 5.80. The summed E-state index contributed by atoms with van der Waals surface area (Å²) in [5, 5.41) is 4.40. The summed E-state index contributed by atoms with van der Waals surface area (Å²) in [5.41, 5.74) is 6.35. The number of morpholine rings is 1. The van der Waals surface area contributed by atoms with Crippen LogP contribution in [0.25, 0.3) is 0 Å². The molecule has 0 atom stereocenters. The summed E-state index contributed by atoms with van der Waals surface area (Å²) >= 11 is 0. The molecular formula is C25H30N6O. The summed E-state index contributed by atoms with van der Waals surface area (Å²) in [4.78, 5) is 13.9. The molecule has 0 radical (unpaired) electrons. The molecule has 1 N–H and O–H groups in total. The molecule has 0 unspecified atom stereocenters. The molecule has 3 heterocycles. The molecule has 2 aliphatic heterocycles. The second-order valence-electron chi connectivity index (χ2n) is 7.90. The lowest BCUT2D eigenvalue weighted by molar-refractivity contribution is 0.122. The van der Waals surface area contributed by atoms with E-state index in [-0.39, 0.29) is 0 Å². The molecular weight excluding hydrogens is 400 g/mol. The first-order valence-electron chi connectivity index (χ1n) is 11.0. The van der Waals surface area contributed by atoms with Gasteiger partial charge in [0.15, 0.2) is 5.82 Å². The zero-order valence-corrected chi connectivity index (χ0v) is 18.6. The Labute approximate surface area is 189 Å². The number of hydrogen-bond donors (Lipinski definition) is 1. The van der Waals surface area contributed by atoms with Crippen molar-refractivity contribution in [2.75, 3.05) is 43.2 Å². The second kappa shape index (κ2) is 10.7. The summed E-state index contributed by atoms with van der Waals surface area (Å²) in [6, 6.07) is 10.2. The van der Waals surface area contributed by atoms with Crippen molar-refractivity contribution in [1.29, 1.82) is 0 Å². The van der Waals surface area contributed by atoms with Crippen LogP contribution in [0.1, 0.15) is 23.4 Å². The highest BCUT2D eigenvalue weighted by Gasteiger charge is 2.15. The van der Waals surface area contributed by atoms with Gasteiger partial charge in [0.05, 0.1) is 19.4 Å². The molecule has 0 saturated carbocycles. The fraction of sp³-hybridized carbons (Fsp3) is 0.320. The maximum absolute atomic E-state index is 5.50. The minimum Gasteiger partial charge on any atom is -0.378 e. The number of hydrazone groups is 1. The molecule has 32 heavy (non-hydrogen) atoms. The fourth-order valence-electron chi connectivity index (χ4n) is 3.67. The van der Waals surface area contributed by atoms with E-state index < -0.39 is 0 Å². The van der Waals surface area contributed by atoms with Crippen molar-refractivity contribution in [3.63, 3.8) is 0 Å². The van der Waals surface area contributed by atoms with E-state index in [9.17, 15) is 0 Å². The third-order valence-electron chi connectivity index (χ3n) is 5.36. The summed E-state index contributed by atoms with van der Waals surface area (Å²) in [6.45, 7) is 10.1. The fourth-order valence-corrected chi connectivity index (χ4v) is 3.67. The van der Waals surface area contributed by atoms with Crippen molar-refractivity contribution < 1.29 is 4.74 Å². The molecule has 0 bridgehead atoms. The van der Waals surface area contributed by atoms with Crippen LogP contribution >= 0.6 is 0 Å². The van der Waals surface area contributed by atoms with Gasteiger partial charge in [-0.1, -0.05) is 42.5 Å². The van der Waals surface area contributed by atoms with Gasteiger partial charge in [0.25, 0.3) is 0 Å². The van der Waals surface area contributed by atoms with E-state index in [4.69, 9.17) is 14.7 Å². The van der Waals surface area contributed by atoms with E-state index in [1.54, 1.807) is 0 Å². The molecule has 1 aromatic heterocycles. The van der Waals surface area contributed by atoms with Gasteiger partial charge >= 0.3 is 0 Å². The first-order valence-corrected chi connectivity index (χ1v) is 11.0. The molecule has 0 spiro atoms. The van der Waals surface area contributed by atoms with Crippen molar-refractivity contribution in [2.24, 2.45) is 5.10 Å². The van der Waals surface area contributed by atoms with Gasteiger partial charge in [-0.2, -0.15) is 5.10 Å². The van der Waals surface area contributed by atoms with Crippen LogP contribution in [0.3, 0.4) is 0 Å². The Hall–Kier alpha value is -3.45. The average molecular weight is 431 g/mol. The van der Waals surface area contributed by atoms with E-state index in [1.165, 1.54) is 5.56 Å². The number of hydrogen-bond acceptors (Lipinski definition) is 7. The van der Waals surface area contributed by atoms with Gasteiger partial charge in [0.1, 0.15) is 11.6 Å². The van der Waals surface area contributed by atoms with Gasteiger partial charge in [0.2, 0.25) is 0 Å². The monoisotopic (exact) mass is 430 g/mol. The lowest BCUT2D eigenvalue weighted by atomic mass is 10.2. The van der Waals surface area contributed by atoms with Crippen molar-refractivity contribution >= 4 is 17.9 Å². The molecule has 166 valence electrons. The van der Waals surface area contributed by atoms with E-state index in [0.29, 0.717) is 19.0 Å². The van der Waals surface area contributed by atoms with Gasteiger partial charge in [-0.15, -0.1) is 0 Å². The first kappa shape index (κ1) is 21.8. The average Bonchev–Trinajstić information content (AvgIpc) is 2.81. The summed E-state index contributed by atoms with van der Waals surface area (Å²) in [5.74, 6) is 2.42. The van der Waals surface area contributed by atoms with Crippen LogP contribution in [0, 0.1) is 6.92 Å². The predicted octanol–water partition coefficient (Wildman–Crippen LogP) is 3.90. The number of benzene rings is 1. The maximum atomic E-state index is 5.50. The number of nitrogens with zero attached hydrogens (tertiary/aromatic N) is 5. The molecule has 2 aromatic rings. The Morgan fingerprint density at radius 1 is 1.19 bits per heavy atom. The van der Waals surface area contributed by atoms with Crippen LogP contribution in [0.4, 0.5) is 11.6 Å². The maximum Gasteiger partial charge on any atom is 0.152 e. The number of rotatable bonds is 8. The molecule has 1 aromatic carbocycles. The Morgan fingerprint density at radius 3 is 2.88 bits per heavy atom. The zero-order chi connectivity index (χ0) is 22.2. The van der Waals surface area contributed by atoms with Crippen LogP contribution in [-0.4, -0.2) is 53.9 Å². The van der Waals surface area contributed by atoms with Crippen LogP contribution in [0.2, 0.25) is 0 Å². The normalized spacial score (nSPS) is 16.2. The number of ether oxygens (including phenoxy) is 1. The molecule has 4 rings (SSSR count). The minimum atomic E-state index is 0.700. The molecule has 0 amide bonds. The van der Waals surface area contributed by atoms with E-state index in [2.05, 4.69) is 52.2 Å². The van der Waals surface area contributed by atoms with Crippen LogP contribution < -0.4 is 10.3 Å². The Bertz CT molecular complexity index is 1020. The Balaban J connectivity index is 1.45. The number of aryl methyl sites for hydroxylation is 2. The third-order valence-corrected chi connectivity index (χ3v) is 5.36. The summed E-state index contributed by atoms with van der Waals surface area (Å²) in [6.07, 6.45) is 11.6. The SMILES string of the molecule is C=C1C=CC=CN1CCCc1nc(N/N=C/c2cccc(C)c2)cc(N2CCOCC2)n1. The van der Waals surface area contributed by atoms with Gasteiger partial charge < -0.3 is 14.5 Å². The Morgan fingerprint density at radius 2 is 2.06 bits per heavy atom. The molecule has 1 fully saturated rings. The zero-order valence-electron chi connectivity index (χ0n) is 18.6. The van der Waals surface area contributed by atoms with Gasteiger partial charge in [0, 0.05) is 44.0 Å². The molecule has 7 heteroatoms. The minimum absolute atomic E-state index is 0.700. The Kier molecular flexibility index (Phi) is 7.30. The highest BCUT2D eigenvalue weighted by Crippen LogP contribution is 2.19. The van der Waals surface area contributed by atoms with Gasteiger partial charge in [-0.3, -0.25) is 5.43 Å². The lowest BCUT2D eigenvalue weighted by Crippen LogP contribution is -2.37. The van der Waals surface area contributed by atoms with Crippen molar-refractivity contribution in [2.45, 2.75) is 19.8 Å². The molecule has 1 saturated heterocycles. The number of nitrogens with one attached hydrogen (secondary N) is 1. The summed E-state index contributed by atoms with van der Waals surface area (Å²) < 4.78 is 5.50. The third kappa shape index (κ3) is 6.04. The van der Waals surface area contributed by atoms with Gasteiger partial charge in [-0.25, -0.2) is 9.97 Å². The number of anilines is 2. The van der Waals surface area contributed by atoms with E-state index in [1.807, 2.05) is 42.6 Å². The number of aromatic nitrogens is 2. The van der Waals surface area contributed by atoms with Crippen molar-refractivity contribution in [3.05, 3.63) is 84.0 Å². The number of allylic oxidation sites excluding steroid dienone is 3. The van der Waals surface area contributed by atoms with Crippen molar-refractivity contribution in [1.82, 2.24) is 14.9 Å².